The van der Waals surface area contributed by atoms with Gasteiger partial charge in [-0.25, -0.2) is 0 Å². The van der Waals surface area contributed by atoms with E-state index >= 15 is 0 Å². The van der Waals surface area contributed by atoms with Crippen LogP contribution in [0.15, 0.2) is 53.2 Å². The van der Waals surface area contributed by atoms with Crippen LogP contribution in [0, 0.1) is 5.92 Å². The van der Waals surface area contributed by atoms with Gasteiger partial charge in [-0.3, -0.25) is 9.59 Å². The van der Waals surface area contributed by atoms with Gasteiger partial charge in [0.05, 0.1) is 33.0 Å². The van der Waals surface area contributed by atoms with Gasteiger partial charge in [0.1, 0.15) is 17.1 Å². The van der Waals surface area contributed by atoms with Gasteiger partial charge in [0.15, 0.2) is 0 Å². The topological polar surface area (TPSA) is 78.2 Å². The molecule has 0 radical (unpaired) electrons. The monoisotopic (exact) mass is 477 g/mol. The number of likely N-dealkylation sites (tertiary alicyclic amines) is 1. The fourth-order valence-corrected chi connectivity index (χ4v) is 4.49. The van der Waals surface area contributed by atoms with Gasteiger partial charge in [-0.15, -0.1) is 0 Å². The van der Waals surface area contributed by atoms with Crippen molar-refractivity contribution >= 4 is 28.4 Å². The maximum atomic E-state index is 13.0. The normalized spacial score (nSPS) is 14.7. The molecule has 3 aromatic rings. The molecule has 0 saturated carbocycles. The van der Waals surface area contributed by atoms with Crippen LogP contribution in [0.2, 0.25) is 0 Å². The number of fused-ring (bicyclic) bond motifs is 1. The molecule has 2 heterocycles. The Kier molecular flexibility index (Phi) is 7.44. The van der Waals surface area contributed by atoms with E-state index in [1.54, 1.807) is 24.3 Å². The van der Waals surface area contributed by atoms with Crippen molar-refractivity contribution in [3.05, 3.63) is 54.3 Å². The second-order valence-electron chi connectivity index (χ2n) is 8.61. The predicted molar refractivity (Wildman–Crippen MR) is 134 cm³/mol. The molecule has 1 fully saturated rings. The van der Waals surface area contributed by atoms with Crippen molar-refractivity contribution in [3.8, 4) is 22.6 Å². The highest BCUT2D eigenvalue weighted by molar-refractivity contribution is 6.00. The number of carbonyl (C=O) groups excluding carboxylic acids is 2. The van der Waals surface area contributed by atoms with Crippen LogP contribution in [-0.4, -0.2) is 50.7 Å². The number of furan rings is 1. The van der Waals surface area contributed by atoms with Crippen LogP contribution >= 0.6 is 0 Å². The molecule has 2 aromatic carbocycles. The Balaban J connectivity index is 1.63. The van der Waals surface area contributed by atoms with Crippen molar-refractivity contribution in [1.29, 1.82) is 0 Å². The molecular formula is C28H31NO6. The molecule has 7 nitrogen and oxygen atoms in total. The minimum absolute atomic E-state index is 0.0732. The Morgan fingerprint density at radius 3 is 2.46 bits per heavy atom. The van der Waals surface area contributed by atoms with E-state index < -0.39 is 0 Å². The molecule has 0 aliphatic carbocycles. The molecular weight excluding hydrogens is 446 g/mol. The summed E-state index contributed by atoms with van der Waals surface area (Å²) < 4.78 is 21.9. The number of rotatable bonds is 7. The van der Waals surface area contributed by atoms with E-state index in [1.165, 1.54) is 7.11 Å². The van der Waals surface area contributed by atoms with Gasteiger partial charge in [0, 0.05) is 41.7 Å². The van der Waals surface area contributed by atoms with Gasteiger partial charge in [-0.05, 0) is 56.0 Å². The summed E-state index contributed by atoms with van der Waals surface area (Å²) in [5, 5.41) is 0.938. The first-order valence-electron chi connectivity index (χ1n) is 11.8. The van der Waals surface area contributed by atoms with Crippen molar-refractivity contribution in [2.75, 3.05) is 33.9 Å². The molecule has 0 atom stereocenters. The second kappa shape index (κ2) is 10.7. The Morgan fingerprint density at radius 2 is 1.83 bits per heavy atom. The first-order chi connectivity index (χ1) is 16.9. The summed E-state index contributed by atoms with van der Waals surface area (Å²) in [5.41, 5.74) is 4.32. The van der Waals surface area contributed by atoms with E-state index in [0.29, 0.717) is 43.9 Å². The Bertz CT molecular complexity index is 1230. The number of amides is 1. The zero-order chi connectivity index (χ0) is 24.9. The second-order valence-corrected chi connectivity index (χ2v) is 8.61. The lowest BCUT2D eigenvalue weighted by Gasteiger charge is -2.30. The van der Waals surface area contributed by atoms with Gasteiger partial charge in [-0.1, -0.05) is 12.1 Å². The first-order valence-corrected chi connectivity index (χ1v) is 11.8. The van der Waals surface area contributed by atoms with Crippen molar-refractivity contribution in [1.82, 2.24) is 4.90 Å². The number of esters is 1. The third-order valence-corrected chi connectivity index (χ3v) is 6.48. The van der Waals surface area contributed by atoms with Crippen LogP contribution in [0.3, 0.4) is 0 Å². The van der Waals surface area contributed by atoms with Gasteiger partial charge in [0.25, 0.3) is 0 Å². The fourth-order valence-electron chi connectivity index (χ4n) is 4.49. The molecule has 35 heavy (non-hydrogen) atoms. The van der Waals surface area contributed by atoms with Crippen LogP contribution in [-0.2, 0) is 14.3 Å². The number of nitrogens with zero attached hydrogens (tertiary/aromatic N) is 1. The number of ether oxygens (including phenoxy) is 3. The number of hydrogen-bond acceptors (Lipinski definition) is 6. The van der Waals surface area contributed by atoms with Gasteiger partial charge < -0.3 is 23.5 Å². The van der Waals surface area contributed by atoms with Crippen LogP contribution in [0.4, 0.5) is 0 Å². The standard InChI is InChI=1S/C28H31NO6/c1-5-34-25-16-26-23(24(17-35-26)19-6-8-21(32-3)9-7-19)15-22(25)18(2)14-27(30)29-12-10-20(11-13-29)28(31)33-4/h6-9,14-17,20H,5,10-13H2,1-4H3/b18-14+. The quantitative estimate of drug-likeness (QED) is 0.338. The molecule has 0 bridgehead atoms. The lowest BCUT2D eigenvalue weighted by Crippen LogP contribution is -2.39. The molecule has 7 heteroatoms. The minimum Gasteiger partial charge on any atom is -0.497 e. The number of benzene rings is 2. The molecule has 184 valence electrons. The summed E-state index contributed by atoms with van der Waals surface area (Å²) in [4.78, 5) is 26.6. The van der Waals surface area contributed by atoms with Crippen molar-refractivity contribution < 1.29 is 28.2 Å². The van der Waals surface area contributed by atoms with Crippen LogP contribution in [0.1, 0.15) is 32.3 Å². The van der Waals surface area contributed by atoms with Crippen LogP contribution < -0.4 is 9.47 Å². The van der Waals surface area contributed by atoms with E-state index in [1.807, 2.05) is 50.2 Å². The highest BCUT2D eigenvalue weighted by Gasteiger charge is 2.27. The van der Waals surface area contributed by atoms with Gasteiger partial charge >= 0.3 is 5.97 Å². The highest BCUT2D eigenvalue weighted by Crippen LogP contribution is 2.38. The summed E-state index contributed by atoms with van der Waals surface area (Å²) in [6.07, 6.45) is 4.61. The minimum atomic E-state index is -0.203. The summed E-state index contributed by atoms with van der Waals surface area (Å²) >= 11 is 0. The number of methoxy groups -OCH3 is 2. The molecule has 1 aliphatic heterocycles. The lowest BCUT2D eigenvalue weighted by molar-refractivity contribution is -0.148. The third-order valence-electron chi connectivity index (χ3n) is 6.48. The Morgan fingerprint density at radius 1 is 1.11 bits per heavy atom. The smallest absolute Gasteiger partial charge is 0.308 e. The summed E-state index contributed by atoms with van der Waals surface area (Å²) in [7, 11) is 3.04. The molecule has 1 aliphatic rings. The van der Waals surface area contributed by atoms with Crippen molar-refractivity contribution in [2.45, 2.75) is 26.7 Å². The third kappa shape index (κ3) is 5.19. The van der Waals surface area contributed by atoms with Gasteiger partial charge in [-0.2, -0.15) is 0 Å². The van der Waals surface area contributed by atoms with E-state index in [-0.39, 0.29) is 17.8 Å². The van der Waals surface area contributed by atoms with Crippen LogP contribution in [0.25, 0.3) is 27.7 Å². The molecule has 0 unspecified atom stereocenters. The number of allylic oxidation sites excluding steroid dienone is 1. The zero-order valence-corrected chi connectivity index (χ0v) is 20.6. The average Bonchev–Trinajstić information content (AvgIpc) is 3.30. The predicted octanol–water partition coefficient (Wildman–Crippen LogP) is 5.32. The fraction of sp³-hybridized carbons (Fsp3) is 0.357. The summed E-state index contributed by atoms with van der Waals surface area (Å²) in [6, 6.07) is 11.7. The summed E-state index contributed by atoms with van der Waals surface area (Å²) in [6.45, 7) is 5.39. The first kappa shape index (κ1) is 24.4. The average molecular weight is 478 g/mol. The van der Waals surface area contributed by atoms with Crippen molar-refractivity contribution in [3.63, 3.8) is 0 Å². The Labute approximate surface area is 205 Å². The molecule has 1 saturated heterocycles. The largest absolute Gasteiger partial charge is 0.497 e. The number of hydrogen-bond donors (Lipinski definition) is 0. The van der Waals surface area contributed by atoms with Gasteiger partial charge in [0.2, 0.25) is 5.91 Å². The van der Waals surface area contributed by atoms with Crippen LogP contribution in [0.5, 0.6) is 11.5 Å². The number of carbonyl (C=O) groups is 2. The molecule has 0 N–H and O–H groups in total. The zero-order valence-electron chi connectivity index (χ0n) is 20.6. The van der Waals surface area contributed by atoms with E-state index in [9.17, 15) is 9.59 Å². The molecule has 4 rings (SSSR count). The molecule has 1 aromatic heterocycles. The maximum absolute atomic E-state index is 13.0. The van der Waals surface area contributed by atoms with E-state index in [4.69, 9.17) is 18.6 Å². The molecule has 0 spiro atoms. The van der Waals surface area contributed by atoms with E-state index in [2.05, 4.69) is 0 Å². The lowest BCUT2D eigenvalue weighted by atomic mass is 9.96. The highest BCUT2D eigenvalue weighted by atomic mass is 16.5. The summed E-state index contributed by atoms with van der Waals surface area (Å²) in [5.74, 6) is 1.04. The maximum Gasteiger partial charge on any atom is 0.308 e. The molecule has 1 amide bonds. The Hall–Kier alpha value is -3.74. The number of piperidine rings is 1. The van der Waals surface area contributed by atoms with Crippen molar-refractivity contribution in [2.24, 2.45) is 5.92 Å². The van der Waals surface area contributed by atoms with E-state index in [0.717, 1.165) is 33.4 Å². The SMILES string of the molecule is CCOc1cc2occ(-c3ccc(OC)cc3)c2cc1/C(C)=C/C(=O)N1CCC(C(=O)OC)CC1.